The Bertz CT molecular complexity index is 1270. The predicted octanol–water partition coefficient (Wildman–Crippen LogP) is 5.04. The lowest BCUT2D eigenvalue weighted by Gasteiger charge is -2.24. The molecule has 3 heterocycles. The summed E-state index contributed by atoms with van der Waals surface area (Å²) in [6, 6.07) is 12.8. The standard InChI is InChI=1S/C24H25N3O2/c1-15(2)8-12-18(28)14-21-19-6-4-5-7-20(19)24(29)27(21)22-13-11-17-10-9-16(3)25-23(17)26-22/h4-7,9-11,13,15,21H,8,12,14H2,1-3H3/t21-/m0/s1/i3D3,8D2. The van der Waals surface area contributed by atoms with Crippen molar-refractivity contribution in [1.29, 1.82) is 0 Å². The van der Waals surface area contributed by atoms with Crippen molar-refractivity contribution in [3.63, 3.8) is 0 Å². The van der Waals surface area contributed by atoms with E-state index < -0.39 is 19.3 Å². The van der Waals surface area contributed by atoms with Crippen LogP contribution in [0.25, 0.3) is 11.0 Å². The van der Waals surface area contributed by atoms with Crippen LogP contribution in [0.15, 0.2) is 48.5 Å². The summed E-state index contributed by atoms with van der Waals surface area (Å²) in [6.45, 7) is 1.07. The molecular weight excluding hydrogens is 362 g/mol. The van der Waals surface area contributed by atoms with Gasteiger partial charge in [-0.3, -0.25) is 14.5 Å². The molecule has 1 atom stereocenters. The fourth-order valence-corrected chi connectivity index (χ4v) is 3.59. The minimum absolute atomic E-state index is 0.0581. The van der Waals surface area contributed by atoms with Gasteiger partial charge in [-0.1, -0.05) is 32.0 Å². The number of pyridine rings is 2. The summed E-state index contributed by atoms with van der Waals surface area (Å²) >= 11 is 0. The summed E-state index contributed by atoms with van der Waals surface area (Å²) in [5, 5.41) is 0.624. The van der Waals surface area contributed by atoms with Gasteiger partial charge < -0.3 is 0 Å². The van der Waals surface area contributed by atoms with Crippen LogP contribution in [0.4, 0.5) is 5.82 Å². The van der Waals surface area contributed by atoms with E-state index in [9.17, 15) is 9.59 Å². The van der Waals surface area contributed by atoms with Crippen molar-refractivity contribution < 1.29 is 16.4 Å². The number of aromatic nitrogens is 2. The Morgan fingerprint density at radius 3 is 2.76 bits per heavy atom. The maximum absolute atomic E-state index is 13.3. The number of rotatable bonds is 6. The first-order valence-electron chi connectivity index (χ1n) is 12.1. The number of ketones is 1. The highest BCUT2D eigenvalue weighted by molar-refractivity contribution is 6.11. The number of carbonyl (C=O) groups excluding carboxylic acids is 2. The number of nitrogens with zero attached hydrogens (tertiary/aromatic N) is 3. The van der Waals surface area contributed by atoms with Crippen LogP contribution in [-0.2, 0) is 4.79 Å². The highest BCUT2D eigenvalue weighted by atomic mass is 16.2. The average molecular weight is 393 g/mol. The van der Waals surface area contributed by atoms with Crippen molar-refractivity contribution in [2.24, 2.45) is 5.92 Å². The van der Waals surface area contributed by atoms with Gasteiger partial charge in [-0.05, 0) is 55.0 Å². The third kappa shape index (κ3) is 3.77. The molecule has 148 valence electrons. The van der Waals surface area contributed by atoms with E-state index >= 15 is 0 Å². The van der Waals surface area contributed by atoms with E-state index in [0.29, 0.717) is 16.5 Å². The van der Waals surface area contributed by atoms with E-state index in [0.717, 1.165) is 0 Å². The van der Waals surface area contributed by atoms with Crippen molar-refractivity contribution in [3.05, 3.63) is 65.4 Å². The van der Waals surface area contributed by atoms with Gasteiger partial charge >= 0.3 is 0 Å². The lowest BCUT2D eigenvalue weighted by atomic mass is 9.97. The fourth-order valence-electron chi connectivity index (χ4n) is 3.59. The molecule has 5 heteroatoms. The lowest BCUT2D eigenvalue weighted by molar-refractivity contribution is -0.119. The molecule has 0 fully saturated rings. The molecule has 3 aromatic rings. The first kappa shape index (κ1) is 14.0. The SMILES string of the molecule is [2H]C([2H])([2H])c1ccc2ccc(N3C(=O)c4ccccc4[C@@H]3CC(=O)CC([2H])([2H])C(C)C)nc2n1. The van der Waals surface area contributed by atoms with E-state index in [2.05, 4.69) is 9.97 Å². The van der Waals surface area contributed by atoms with Crippen LogP contribution in [0.1, 0.15) is 67.6 Å². The van der Waals surface area contributed by atoms with Gasteiger partial charge in [0.2, 0.25) is 0 Å². The van der Waals surface area contributed by atoms with Crippen LogP contribution in [0.5, 0.6) is 0 Å². The zero-order valence-electron chi connectivity index (χ0n) is 21.3. The molecule has 0 radical (unpaired) electrons. The second-order valence-electron chi connectivity index (χ2n) is 7.47. The second kappa shape index (κ2) is 7.74. The first-order valence-corrected chi connectivity index (χ1v) is 9.61. The molecule has 29 heavy (non-hydrogen) atoms. The maximum atomic E-state index is 13.3. The largest absolute Gasteiger partial charge is 0.300 e. The van der Waals surface area contributed by atoms with Gasteiger partial charge in [0.15, 0.2) is 5.65 Å². The van der Waals surface area contributed by atoms with Gasteiger partial charge in [0.1, 0.15) is 11.6 Å². The minimum Gasteiger partial charge on any atom is -0.300 e. The number of aryl methyl sites for hydroxylation is 1. The smallest absolute Gasteiger partial charge is 0.260 e. The molecule has 0 saturated carbocycles. The Morgan fingerprint density at radius 2 is 1.97 bits per heavy atom. The van der Waals surface area contributed by atoms with E-state index in [1.807, 2.05) is 0 Å². The monoisotopic (exact) mass is 392 g/mol. The molecule has 0 bridgehead atoms. The molecule has 1 aromatic carbocycles. The number of Topliss-reactive ketones (excluding diaryl/α,β-unsaturated/α-hetero) is 1. The molecule has 0 spiro atoms. The highest BCUT2D eigenvalue weighted by Crippen LogP contribution is 2.39. The van der Waals surface area contributed by atoms with E-state index in [1.165, 1.54) is 11.0 Å². The van der Waals surface area contributed by atoms with Crippen LogP contribution < -0.4 is 4.90 Å². The van der Waals surface area contributed by atoms with E-state index in [4.69, 9.17) is 6.85 Å². The number of carbonyl (C=O) groups is 2. The first-order chi connectivity index (χ1) is 15.9. The number of amides is 1. The molecule has 0 aliphatic carbocycles. The van der Waals surface area contributed by atoms with E-state index in [1.54, 1.807) is 56.3 Å². The third-order valence-corrected chi connectivity index (χ3v) is 4.99. The van der Waals surface area contributed by atoms with Gasteiger partial charge in [-0.2, -0.15) is 0 Å². The van der Waals surface area contributed by atoms with Crippen molar-refractivity contribution in [2.75, 3.05) is 4.90 Å². The Morgan fingerprint density at radius 1 is 1.17 bits per heavy atom. The normalized spacial score (nSPS) is 19.4. The molecule has 4 rings (SSSR count). The summed E-state index contributed by atoms with van der Waals surface area (Å²) in [4.78, 5) is 36.3. The zero-order chi connectivity index (χ0) is 24.8. The van der Waals surface area contributed by atoms with Crippen molar-refractivity contribution >= 4 is 28.5 Å². The minimum atomic E-state index is -2.39. The molecule has 1 amide bonds. The van der Waals surface area contributed by atoms with Crippen LogP contribution in [-0.4, -0.2) is 21.7 Å². The second-order valence-corrected chi connectivity index (χ2v) is 7.47. The summed E-state index contributed by atoms with van der Waals surface area (Å²) in [7, 11) is 0. The Kier molecular flexibility index (Phi) is 3.73. The Labute approximate surface area is 177 Å². The van der Waals surface area contributed by atoms with Gasteiger partial charge in [-0.15, -0.1) is 0 Å². The summed E-state index contributed by atoms with van der Waals surface area (Å²) in [5.74, 6) is -0.680. The molecule has 5 nitrogen and oxygen atoms in total. The van der Waals surface area contributed by atoms with Gasteiger partial charge in [0, 0.05) is 36.3 Å². The fraction of sp³-hybridized carbons (Fsp3) is 0.333. The van der Waals surface area contributed by atoms with Crippen molar-refractivity contribution in [3.8, 4) is 0 Å². The number of benzene rings is 1. The Balaban J connectivity index is 1.74. The summed E-state index contributed by atoms with van der Waals surface area (Å²) in [5.41, 5.74) is 1.23. The topological polar surface area (TPSA) is 63.2 Å². The zero-order valence-corrected chi connectivity index (χ0v) is 16.3. The van der Waals surface area contributed by atoms with Crippen molar-refractivity contribution in [1.82, 2.24) is 9.97 Å². The van der Waals surface area contributed by atoms with Crippen LogP contribution in [0.3, 0.4) is 0 Å². The number of fused-ring (bicyclic) bond motifs is 2. The Hall–Kier alpha value is -3.08. The molecule has 0 unspecified atom stereocenters. The average Bonchev–Trinajstić information content (AvgIpc) is 3.03. The lowest BCUT2D eigenvalue weighted by Crippen LogP contribution is -2.30. The van der Waals surface area contributed by atoms with Gasteiger partial charge in [-0.25, -0.2) is 9.97 Å². The van der Waals surface area contributed by atoms with Gasteiger partial charge in [0.05, 0.1) is 6.04 Å². The van der Waals surface area contributed by atoms with E-state index in [-0.39, 0.29) is 47.6 Å². The molecule has 0 N–H and O–H groups in total. The third-order valence-electron chi connectivity index (χ3n) is 4.99. The molecule has 0 saturated heterocycles. The molecule has 2 aromatic heterocycles. The molecule has 1 aliphatic rings. The summed E-state index contributed by atoms with van der Waals surface area (Å²) < 4.78 is 39.1. The van der Waals surface area contributed by atoms with Crippen LogP contribution >= 0.6 is 0 Å². The maximum Gasteiger partial charge on any atom is 0.260 e. The van der Waals surface area contributed by atoms with Gasteiger partial charge in [0.25, 0.3) is 5.91 Å². The number of hydrogen-bond donors (Lipinski definition) is 0. The molecular formula is C24H25N3O2. The van der Waals surface area contributed by atoms with Crippen LogP contribution in [0.2, 0.25) is 0 Å². The highest BCUT2D eigenvalue weighted by Gasteiger charge is 2.39. The number of anilines is 1. The predicted molar refractivity (Wildman–Crippen MR) is 114 cm³/mol. The number of hydrogen-bond acceptors (Lipinski definition) is 4. The summed E-state index contributed by atoms with van der Waals surface area (Å²) in [6.07, 6.45) is -1.96. The van der Waals surface area contributed by atoms with Crippen LogP contribution in [0, 0.1) is 12.8 Å². The quantitative estimate of drug-likeness (QED) is 0.590. The van der Waals surface area contributed by atoms with Crippen molar-refractivity contribution in [2.45, 2.75) is 46.0 Å². The molecule has 1 aliphatic heterocycles.